The first kappa shape index (κ1) is 14.6. The third-order valence-corrected chi connectivity index (χ3v) is 4.67. The maximum Gasteiger partial charge on any atom is 0.338 e. The first-order valence-electron chi connectivity index (χ1n) is 6.45. The van der Waals surface area contributed by atoms with E-state index in [0.29, 0.717) is 23.7 Å². The average molecular weight is 294 g/mol. The van der Waals surface area contributed by atoms with Gasteiger partial charge in [0.15, 0.2) is 0 Å². The number of urea groups is 1. The second-order valence-electron chi connectivity index (χ2n) is 4.97. The molecular formula is C14H18N2O3S. The zero-order valence-corrected chi connectivity index (χ0v) is 12.6. The SMILES string of the molecule is CC1=CCN(C(=O)Nc2sc(C)c(C)c2C(=O)O)CC1. The van der Waals surface area contributed by atoms with Crippen LogP contribution in [0.2, 0.25) is 0 Å². The molecule has 0 fully saturated rings. The number of nitrogens with zero attached hydrogens (tertiary/aromatic N) is 1. The fourth-order valence-electron chi connectivity index (χ4n) is 2.10. The molecule has 20 heavy (non-hydrogen) atoms. The largest absolute Gasteiger partial charge is 0.478 e. The summed E-state index contributed by atoms with van der Waals surface area (Å²) in [5, 5.41) is 12.4. The second-order valence-corrected chi connectivity index (χ2v) is 6.19. The summed E-state index contributed by atoms with van der Waals surface area (Å²) in [6.45, 7) is 6.90. The third-order valence-electron chi connectivity index (χ3n) is 3.54. The van der Waals surface area contributed by atoms with Crippen LogP contribution in [0.5, 0.6) is 0 Å². The lowest BCUT2D eigenvalue weighted by molar-refractivity contribution is 0.0697. The minimum Gasteiger partial charge on any atom is -0.478 e. The predicted octanol–water partition coefficient (Wildman–Crippen LogP) is 3.25. The summed E-state index contributed by atoms with van der Waals surface area (Å²) in [7, 11) is 0. The van der Waals surface area contributed by atoms with Gasteiger partial charge in [0, 0.05) is 18.0 Å². The van der Waals surface area contributed by atoms with Gasteiger partial charge in [0.05, 0.1) is 5.56 Å². The van der Waals surface area contributed by atoms with Gasteiger partial charge in [0.1, 0.15) is 5.00 Å². The van der Waals surface area contributed by atoms with Crippen LogP contribution in [0.25, 0.3) is 0 Å². The van der Waals surface area contributed by atoms with Gasteiger partial charge in [0.25, 0.3) is 0 Å². The monoisotopic (exact) mass is 294 g/mol. The average Bonchev–Trinajstić information content (AvgIpc) is 2.65. The van der Waals surface area contributed by atoms with E-state index in [9.17, 15) is 14.7 Å². The van der Waals surface area contributed by atoms with Crippen molar-refractivity contribution in [2.24, 2.45) is 0 Å². The molecule has 2 heterocycles. The molecule has 108 valence electrons. The van der Waals surface area contributed by atoms with Crippen molar-refractivity contribution in [3.8, 4) is 0 Å². The van der Waals surface area contributed by atoms with Crippen molar-refractivity contribution in [3.05, 3.63) is 27.7 Å². The maximum absolute atomic E-state index is 12.2. The van der Waals surface area contributed by atoms with E-state index in [1.807, 2.05) is 19.9 Å². The lowest BCUT2D eigenvalue weighted by Gasteiger charge is -2.25. The van der Waals surface area contributed by atoms with Crippen LogP contribution in [0.15, 0.2) is 11.6 Å². The number of anilines is 1. The van der Waals surface area contributed by atoms with Crippen LogP contribution in [0.3, 0.4) is 0 Å². The van der Waals surface area contributed by atoms with Crippen LogP contribution in [0, 0.1) is 13.8 Å². The summed E-state index contributed by atoms with van der Waals surface area (Å²) in [4.78, 5) is 26.1. The van der Waals surface area contributed by atoms with E-state index in [2.05, 4.69) is 5.32 Å². The smallest absolute Gasteiger partial charge is 0.338 e. The summed E-state index contributed by atoms with van der Waals surface area (Å²) in [5.41, 5.74) is 2.19. The fraction of sp³-hybridized carbons (Fsp3) is 0.429. The zero-order valence-electron chi connectivity index (χ0n) is 11.8. The van der Waals surface area contributed by atoms with Gasteiger partial charge >= 0.3 is 12.0 Å². The van der Waals surface area contributed by atoms with E-state index in [1.54, 1.807) is 11.8 Å². The number of nitrogens with one attached hydrogen (secondary N) is 1. The Morgan fingerprint density at radius 1 is 1.35 bits per heavy atom. The van der Waals surface area contributed by atoms with Crippen LogP contribution in [0.1, 0.15) is 34.1 Å². The number of rotatable bonds is 2. The number of carboxylic acid groups (broad SMARTS) is 1. The number of thiophene rings is 1. The molecule has 0 saturated carbocycles. The topological polar surface area (TPSA) is 69.6 Å². The van der Waals surface area contributed by atoms with Crippen LogP contribution in [-0.2, 0) is 0 Å². The Bertz CT molecular complexity index is 589. The molecule has 2 amide bonds. The minimum atomic E-state index is -1.00. The minimum absolute atomic E-state index is 0.199. The molecule has 6 heteroatoms. The Balaban J connectivity index is 2.16. The number of carbonyl (C=O) groups excluding carboxylic acids is 1. The Labute approximate surface area is 121 Å². The van der Waals surface area contributed by atoms with Crippen LogP contribution >= 0.6 is 11.3 Å². The molecule has 0 saturated heterocycles. The molecule has 1 aromatic heterocycles. The summed E-state index contributed by atoms with van der Waals surface area (Å²) < 4.78 is 0. The third kappa shape index (κ3) is 2.85. The van der Waals surface area contributed by atoms with Gasteiger partial charge in [-0.05, 0) is 32.8 Å². The summed E-state index contributed by atoms with van der Waals surface area (Å²) >= 11 is 1.31. The molecular weight excluding hydrogens is 276 g/mol. The normalized spacial score (nSPS) is 14.9. The number of aromatic carboxylic acids is 1. The van der Waals surface area contributed by atoms with Crippen LogP contribution in [-0.4, -0.2) is 35.1 Å². The molecule has 2 N–H and O–H groups in total. The van der Waals surface area contributed by atoms with Crippen LogP contribution < -0.4 is 5.32 Å². The fourth-order valence-corrected chi connectivity index (χ4v) is 3.15. The van der Waals surface area contributed by atoms with Crippen molar-refractivity contribution in [1.82, 2.24) is 4.90 Å². The number of hydrogen-bond donors (Lipinski definition) is 2. The van der Waals surface area contributed by atoms with Gasteiger partial charge < -0.3 is 10.0 Å². The van der Waals surface area contributed by atoms with E-state index in [4.69, 9.17) is 0 Å². The van der Waals surface area contributed by atoms with E-state index in [0.717, 1.165) is 11.3 Å². The molecule has 1 aliphatic rings. The number of aryl methyl sites for hydroxylation is 1. The van der Waals surface area contributed by atoms with Crippen molar-refractivity contribution in [2.45, 2.75) is 27.2 Å². The van der Waals surface area contributed by atoms with Crippen molar-refractivity contribution >= 4 is 28.3 Å². The summed E-state index contributed by atoms with van der Waals surface area (Å²) in [6, 6.07) is -0.238. The molecule has 5 nitrogen and oxygen atoms in total. The molecule has 0 aliphatic carbocycles. The first-order valence-corrected chi connectivity index (χ1v) is 7.26. The highest BCUT2D eigenvalue weighted by Crippen LogP contribution is 2.32. The molecule has 0 bridgehead atoms. The Morgan fingerprint density at radius 2 is 2.05 bits per heavy atom. The zero-order chi connectivity index (χ0) is 14.9. The molecule has 1 aromatic rings. The molecule has 0 spiro atoms. The number of carboxylic acids is 1. The van der Waals surface area contributed by atoms with Gasteiger partial charge in [-0.3, -0.25) is 5.32 Å². The van der Waals surface area contributed by atoms with E-state index < -0.39 is 5.97 Å². The van der Waals surface area contributed by atoms with E-state index in [1.165, 1.54) is 16.9 Å². The quantitative estimate of drug-likeness (QED) is 0.823. The van der Waals surface area contributed by atoms with Gasteiger partial charge in [-0.15, -0.1) is 11.3 Å². The van der Waals surface area contributed by atoms with Crippen molar-refractivity contribution in [1.29, 1.82) is 0 Å². The van der Waals surface area contributed by atoms with Gasteiger partial charge in [0.2, 0.25) is 0 Å². The second kappa shape index (κ2) is 5.66. The lowest BCUT2D eigenvalue weighted by Crippen LogP contribution is -2.37. The van der Waals surface area contributed by atoms with Gasteiger partial charge in [-0.2, -0.15) is 0 Å². The molecule has 0 radical (unpaired) electrons. The lowest BCUT2D eigenvalue weighted by atomic mass is 10.1. The number of amides is 2. The Kier molecular flexibility index (Phi) is 4.13. The van der Waals surface area contributed by atoms with E-state index >= 15 is 0 Å². The molecule has 2 rings (SSSR count). The van der Waals surface area contributed by atoms with Crippen molar-refractivity contribution in [2.75, 3.05) is 18.4 Å². The Hall–Kier alpha value is -1.82. The highest BCUT2D eigenvalue weighted by molar-refractivity contribution is 7.16. The first-order chi connectivity index (χ1) is 9.40. The predicted molar refractivity (Wildman–Crippen MR) is 79.7 cm³/mol. The maximum atomic E-state index is 12.2. The summed E-state index contributed by atoms with van der Waals surface area (Å²) in [6.07, 6.45) is 2.88. The van der Waals surface area contributed by atoms with Gasteiger partial charge in [-0.1, -0.05) is 11.6 Å². The highest BCUT2D eigenvalue weighted by Gasteiger charge is 2.22. The molecule has 1 aliphatic heterocycles. The molecule has 0 aromatic carbocycles. The molecule has 0 atom stereocenters. The standard InChI is InChI=1S/C14H18N2O3S/c1-8-4-6-16(7-5-8)14(19)15-12-11(13(17)18)9(2)10(3)20-12/h4H,5-7H2,1-3H3,(H,15,19)(H,17,18). The van der Waals surface area contributed by atoms with E-state index in [-0.39, 0.29) is 11.6 Å². The highest BCUT2D eigenvalue weighted by atomic mass is 32.1. The number of hydrogen-bond acceptors (Lipinski definition) is 3. The Morgan fingerprint density at radius 3 is 2.60 bits per heavy atom. The number of carbonyl (C=O) groups is 2. The molecule has 0 unspecified atom stereocenters. The van der Waals surface area contributed by atoms with Crippen LogP contribution in [0.4, 0.5) is 9.80 Å². The summed E-state index contributed by atoms with van der Waals surface area (Å²) in [5.74, 6) is -1.00. The van der Waals surface area contributed by atoms with Gasteiger partial charge in [-0.25, -0.2) is 9.59 Å². The van der Waals surface area contributed by atoms with Crippen molar-refractivity contribution < 1.29 is 14.7 Å². The van der Waals surface area contributed by atoms with Crippen molar-refractivity contribution in [3.63, 3.8) is 0 Å².